The predicted molar refractivity (Wildman–Crippen MR) is 84.5 cm³/mol. The zero-order valence-corrected chi connectivity index (χ0v) is 12.6. The van der Waals surface area contributed by atoms with E-state index < -0.39 is 0 Å². The molecule has 0 radical (unpaired) electrons. The van der Waals surface area contributed by atoms with Crippen LogP contribution in [-0.2, 0) is 0 Å². The lowest BCUT2D eigenvalue weighted by molar-refractivity contribution is 0.363. The van der Waals surface area contributed by atoms with Gasteiger partial charge in [0.2, 0.25) is 0 Å². The lowest BCUT2D eigenvalue weighted by Crippen LogP contribution is -2.23. The lowest BCUT2D eigenvalue weighted by atomic mass is 9.88. The van der Waals surface area contributed by atoms with Crippen LogP contribution in [0.4, 0.5) is 5.69 Å². The average molecular weight is 274 g/mol. The van der Waals surface area contributed by atoms with Crippen molar-refractivity contribution < 1.29 is 0 Å². The largest absolute Gasteiger partial charge is 0.384 e. The summed E-state index contributed by atoms with van der Waals surface area (Å²) < 4.78 is 0. The van der Waals surface area contributed by atoms with E-state index in [-0.39, 0.29) is 5.41 Å². The number of hydrogen-bond acceptors (Lipinski definition) is 3. The minimum Gasteiger partial charge on any atom is -0.384 e. The first-order chi connectivity index (χ1) is 9.09. The molecule has 0 aliphatic heterocycles. The average Bonchev–Trinajstić information content (AvgIpc) is 2.41. The molecule has 0 aliphatic rings. The van der Waals surface area contributed by atoms with Crippen LogP contribution in [0.1, 0.15) is 26.7 Å². The second-order valence-electron chi connectivity index (χ2n) is 5.27. The fourth-order valence-electron chi connectivity index (χ4n) is 1.70. The standard InChI is InChI=1S/C16H22N2S/c1-4-12-19-15-9-6-5-8-14(15)18-13-16(2,3)10-7-11-17/h4-6,8-9,18H,1,7,10,12-13H2,2-3H3. The summed E-state index contributed by atoms with van der Waals surface area (Å²) in [4.78, 5) is 1.25. The topological polar surface area (TPSA) is 35.8 Å². The van der Waals surface area contributed by atoms with E-state index in [1.807, 2.05) is 12.1 Å². The Hall–Kier alpha value is -1.40. The second-order valence-corrected chi connectivity index (χ2v) is 6.33. The van der Waals surface area contributed by atoms with Crippen molar-refractivity contribution in [2.75, 3.05) is 17.6 Å². The number of nitriles is 1. The van der Waals surface area contributed by atoms with Crippen LogP contribution in [0.25, 0.3) is 0 Å². The maximum Gasteiger partial charge on any atom is 0.0621 e. The highest BCUT2D eigenvalue weighted by molar-refractivity contribution is 7.99. The van der Waals surface area contributed by atoms with E-state index in [1.54, 1.807) is 11.8 Å². The van der Waals surface area contributed by atoms with E-state index in [2.05, 4.69) is 50.0 Å². The molecule has 0 bridgehead atoms. The Balaban J connectivity index is 2.61. The normalized spacial score (nSPS) is 10.8. The van der Waals surface area contributed by atoms with E-state index >= 15 is 0 Å². The van der Waals surface area contributed by atoms with E-state index in [4.69, 9.17) is 5.26 Å². The highest BCUT2D eigenvalue weighted by Gasteiger charge is 2.17. The molecule has 0 fully saturated rings. The highest BCUT2D eigenvalue weighted by atomic mass is 32.2. The second kappa shape index (κ2) is 7.91. The van der Waals surface area contributed by atoms with Crippen LogP contribution < -0.4 is 5.32 Å². The summed E-state index contributed by atoms with van der Waals surface area (Å²) in [6.07, 6.45) is 3.44. The van der Waals surface area contributed by atoms with E-state index in [0.717, 1.165) is 18.7 Å². The van der Waals surface area contributed by atoms with E-state index in [9.17, 15) is 0 Å². The molecule has 0 atom stereocenters. The molecule has 0 aliphatic carbocycles. The van der Waals surface area contributed by atoms with Crippen LogP contribution in [0.5, 0.6) is 0 Å². The third kappa shape index (κ3) is 5.85. The van der Waals surface area contributed by atoms with Gasteiger partial charge in [0.05, 0.1) is 6.07 Å². The van der Waals surface area contributed by atoms with Crippen LogP contribution in [0.3, 0.4) is 0 Å². The minimum absolute atomic E-state index is 0.131. The zero-order valence-electron chi connectivity index (χ0n) is 11.8. The number of anilines is 1. The van der Waals surface area contributed by atoms with Gasteiger partial charge in [-0.25, -0.2) is 0 Å². The van der Waals surface area contributed by atoms with Crippen LogP contribution in [0.2, 0.25) is 0 Å². The van der Waals surface area contributed by atoms with Crippen LogP contribution in [-0.4, -0.2) is 12.3 Å². The molecule has 0 saturated carbocycles. The summed E-state index contributed by atoms with van der Waals surface area (Å²) in [5.74, 6) is 0.913. The zero-order chi connectivity index (χ0) is 14.1. The summed E-state index contributed by atoms with van der Waals surface area (Å²) in [7, 11) is 0. The van der Waals surface area contributed by atoms with E-state index in [1.165, 1.54) is 10.6 Å². The maximum absolute atomic E-state index is 8.67. The van der Waals surface area contributed by atoms with Crippen LogP contribution >= 0.6 is 11.8 Å². The van der Waals surface area contributed by atoms with Gasteiger partial charge in [-0.3, -0.25) is 0 Å². The van der Waals surface area contributed by atoms with Crippen molar-refractivity contribution >= 4 is 17.4 Å². The minimum atomic E-state index is 0.131. The van der Waals surface area contributed by atoms with Gasteiger partial charge in [0.15, 0.2) is 0 Å². The van der Waals surface area contributed by atoms with Crippen molar-refractivity contribution in [1.29, 1.82) is 5.26 Å². The highest BCUT2D eigenvalue weighted by Crippen LogP contribution is 2.29. The molecule has 0 spiro atoms. The first-order valence-corrected chi connectivity index (χ1v) is 7.51. The molecule has 19 heavy (non-hydrogen) atoms. The summed E-state index contributed by atoms with van der Waals surface area (Å²) in [5.41, 5.74) is 1.30. The summed E-state index contributed by atoms with van der Waals surface area (Å²) >= 11 is 1.78. The van der Waals surface area contributed by atoms with Crippen molar-refractivity contribution in [2.24, 2.45) is 5.41 Å². The molecule has 0 saturated heterocycles. The molecule has 0 heterocycles. The van der Waals surface area contributed by atoms with Crippen molar-refractivity contribution in [2.45, 2.75) is 31.6 Å². The quantitative estimate of drug-likeness (QED) is 0.551. The number of nitrogens with one attached hydrogen (secondary N) is 1. The molecule has 0 unspecified atom stereocenters. The third-order valence-electron chi connectivity index (χ3n) is 2.91. The number of thioether (sulfide) groups is 1. The van der Waals surface area contributed by atoms with Gasteiger partial charge >= 0.3 is 0 Å². The molecule has 3 heteroatoms. The molecule has 1 N–H and O–H groups in total. The Morgan fingerprint density at radius 3 is 2.84 bits per heavy atom. The Kier molecular flexibility index (Phi) is 6.52. The Bertz CT molecular complexity index is 446. The van der Waals surface area contributed by atoms with Crippen molar-refractivity contribution in [3.63, 3.8) is 0 Å². The molecule has 1 aromatic rings. The maximum atomic E-state index is 8.67. The number of nitrogens with zero attached hydrogens (tertiary/aromatic N) is 1. The van der Waals surface area contributed by atoms with Crippen molar-refractivity contribution in [3.05, 3.63) is 36.9 Å². The number of para-hydroxylation sites is 1. The van der Waals surface area contributed by atoms with Gasteiger partial charge in [0.1, 0.15) is 0 Å². The summed E-state index contributed by atoms with van der Waals surface area (Å²) in [6, 6.07) is 10.5. The number of benzene rings is 1. The van der Waals surface area contributed by atoms with Gasteiger partial charge in [-0.05, 0) is 24.0 Å². The monoisotopic (exact) mass is 274 g/mol. The molecular formula is C16H22N2S. The Morgan fingerprint density at radius 1 is 1.42 bits per heavy atom. The third-order valence-corrected chi connectivity index (χ3v) is 3.98. The number of rotatable bonds is 8. The van der Waals surface area contributed by atoms with Crippen molar-refractivity contribution in [3.8, 4) is 6.07 Å². The Morgan fingerprint density at radius 2 is 2.16 bits per heavy atom. The molecule has 0 aromatic heterocycles. The van der Waals surface area contributed by atoms with Crippen LogP contribution in [0.15, 0.2) is 41.8 Å². The molecular weight excluding hydrogens is 252 g/mol. The predicted octanol–water partition coefficient (Wildman–Crippen LogP) is 4.71. The van der Waals surface area contributed by atoms with Gasteiger partial charge < -0.3 is 5.32 Å². The fraction of sp³-hybridized carbons (Fsp3) is 0.438. The first kappa shape index (κ1) is 15.7. The van der Waals surface area contributed by atoms with Gasteiger partial charge in [-0.2, -0.15) is 5.26 Å². The lowest BCUT2D eigenvalue weighted by Gasteiger charge is -2.25. The smallest absolute Gasteiger partial charge is 0.0621 e. The van der Waals surface area contributed by atoms with Crippen LogP contribution in [0, 0.1) is 16.7 Å². The van der Waals surface area contributed by atoms with Gasteiger partial charge in [0, 0.05) is 29.3 Å². The van der Waals surface area contributed by atoms with Gasteiger partial charge in [-0.15, -0.1) is 18.3 Å². The SMILES string of the molecule is C=CCSc1ccccc1NCC(C)(C)CCC#N. The molecule has 102 valence electrons. The van der Waals surface area contributed by atoms with Gasteiger partial charge in [-0.1, -0.05) is 32.1 Å². The summed E-state index contributed by atoms with van der Waals surface area (Å²) in [5, 5.41) is 12.2. The fourth-order valence-corrected chi connectivity index (χ4v) is 2.47. The molecule has 1 aromatic carbocycles. The van der Waals surface area contributed by atoms with Crippen molar-refractivity contribution in [1.82, 2.24) is 0 Å². The molecule has 1 rings (SSSR count). The number of hydrogen-bond donors (Lipinski definition) is 1. The first-order valence-electron chi connectivity index (χ1n) is 6.52. The van der Waals surface area contributed by atoms with Gasteiger partial charge in [0.25, 0.3) is 0 Å². The summed E-state index contributed by atoms with van der Waals surface area (Å²) in [6.45, 7) is 9.01. The molecule has 2 nitrogen and oxygen atoms in total. The Labute approximate surface area is 120 Å². The molecule has 0 amide bonds. The van der Waals surface area contributed by atoms with E-state index in [0.29, 0.717) is 6.42 Å².